The van der Waals surface area contributed by atoms with Crippen LogP contribution in [0.15, 0.2) is 60.8 Å². The van der Waals surface area contributed by atoms with E-state index in [1.807, 2.05) is 46.6 Å². The second-order valence-corrected chi connectivity index (χ2v) is 11.1. The van der Waals surface area contributed by atoms with Crippen molar-refractivity contribution in [3.8, 4) is 10.8 Å². The minimum Gasteiger partial charge on any atom is -0.497 e. The van der Waals surface area contributed by atoms with Crippen LogP contribution in [0.25, 0.3) is 5.00 Å². The lowest BCUT2D eigenvalue weighted by molar-refractivity contribution is 0.194. The van der Waals surface area contributed by atoms with Crippen LogP contribution in [0.5, 0.6) is 5.75 Å². The molecule has 2 aromatic carbocycles. The first-order valence-electron chi connectivity index (χ1n) is 12.7. The number of hydrogen-bond donors (Lipinski definition) is 1. The normalized spacial score (nSPS) is 17.0. The summed E-state index contributed by atoms with van der Waals surface area (Å²) in [5.41, 5.74) is 7.88. The smallest absolute Gasteiger partial charge is 0.322 e. The van der Waals surface area contributed by atoms with Crippen LogP contribution >= 0.6 is 11.3 Å². The molecule has 0 radical (unpaired) electrons. The minimum absolute atomic E-state index is 0.102. The van der Waals surface area contributed by atoms with Crippen molar-refractivity contribution >= 4 is 23.1 Å². The number of urea groups is 1. The van der Waals surface area contributed by atoms with Gasteiger partial charge in [-0.15, -0.1) is 11.3 Å². The maximum Gasteiger partial charge on any atom is 0.322 e. The predicted octanol–water partition coefficient (Wildman–Crippen LogP) is 6.29. The van der Waals surface area contributed by atoms with Gasteiger partial charge >= 0.3 is 6.03 Å². The molecular weight excluding hydrogens is 480 g/mol. The Bertz CT molecular complexity index is 1490. The van der Waals surface area contributed by atoms with E-state index in [0.717, 1.165) is 53.3 Å². The van der Waals surface area contributed by atoms with Crippen LogP contribution in [0.2, 0.25) is 0 Å². The average Bonchev–Trinajstić information content (AvgIpc) is 3.48. The highest BCUT2D eigenvalue weighted by molar-refractivity contribution is 7.15. The summed E-state index contributed by atoms with van der Waals surface area (Å²) in [7, 11) is 3.86. The first kappa shape index (κ1) is 23.8. The van der Waals surface area contributed by atoms with Crippen molar-refractivity contribution in [2.24, 2.45) is 0 Å². The molecule has 1 N–H and O–H groups in total. The van der Waals surface area contributed by atoms with E-state index in [1.165, 1.54) is 21.0 Å². The molecule has 4 aromatic rings. The van der Waals surface area contributed by atoms with E-state index >= 15 is 0 Å². The number of nitrogens with one attached hydrogen (secondary N) is 1. The van der Waals surface area contributed by atoms with E-state index < -0.39 is 0 Å². The molecule has 6 nitrogen and oxygen atoms in total. The molecule has 2 aliphatic rings. The van der Waals surface area contributed by atoms with Crippen LogP contribution in [-0.4, -0.2) is 41.1 Å². The van der Waals surface area contributed by atoms with Crippen molar-refractivity contribution in [1.82, 2.24) is 14.4 Å². The number of thiophene rings is 1. The van der Waals surface area contributed by atoms with Gasteiger partial charge in [0.05, 0.1) is 25.4 Å². The van der Waals surface area contributed by atoms with Crippen molar-refractivity contribution in [2.75, 3.05) is 26.0 Å². The number of fused-ring (bicyclic) bond motifs is 5. The summed E-state index contributed by atoms with van der Waals surface area (Å²) in [5, 5.41) is 4.48. The summed E-state index contributed by atoms with van der Waals surface area (Å²) in [6.45, 7) is 6.66. The summed E-state index contributed by atoms with van der Waals surface area (Å²) < 4.78 is 7.87. The molecule has 4 heterocycles. The highest BCUT2D eigenvalue weighted by Gasteiger charge is 2.36. The number of rotatable bonds is 3. The Hall–Kier alpha value is -3.55. The van der Waals surface area contributed by atoms with E-state index in [9.17, 15) is 4.79 Å². The zero-order valence-electron chi connectivity index (χ0n) is 21.7. The van der Waals surface area contributed by atoms with Crippen molar-refractivity contribution in [3.05, 3.63) is 99.2 Å². The molecule has 0 saturated carbocycles. The van der Waals surface area contributed by atoms with Gasteiger partial charge in [-0.25, -0.2) is 4.79 Å². The van der Waals surface area contributed by atoms with Gasteiger partial charge < -0.3 is 24.4 Å². The molecule has 190 valence electrons. The van der Waals surface area contributed by atoms with Gasteiger partial charge in [-0.2, -0.15) is 0 Å². The van der Waals surface area contributed by atoms with E-state index in [0.29, 0.717) is 6.54 Å². The molecule has 7 heteroatoms. The summed E-state index contributed by atoms with van der Waals surface area (Å²) in [6.07, 6.45) is 3.14. The fourth-order valence-corrected chi connectivity index (χ4v) is 7.03. The molecule has 0 saturated heterocycles. The standard InChI is InChI=1S/C30H32N4O2S/c1-19-8-5-11-25(20(19)2)31-30(35)34-17-24-23-13-15-32(3)18-27(23)37-29(24)33-14-7-12-26(33)28(34)21-9-6-10-22(16-21)36-4/h5-12,14,16,28H,13,15,17-18H2,1-4H3,(H,31,35)/t28-/m1/s1. The number of hydrogen-bond acceptors (Lipinski definition) is 4. The number of methoxy groups -OCH3 is 1. The quantitative estimate of drug-likeness (QED) is 0.351. The van der Waals surface area contributed by atoms with Crippen molar-refractivity contribution in [2.45, 2.75) is 39.4 Å². The van der Waals surface area contributed by atoms with Crippen LogP contribution in [0.3, 0.4) is 0 Å². The number of aromatic nitrogens is 1. The maximum absolute atomic E-state index is 14.2. The van der Waals surface area contributed by atoms with Gasteiger partial charge in [0.15, 0.2) is 0 Å². The Morgan fingerprint density at radius 2 is 1.89 bits per heavy atom. The molecule has 6 rings (SSSR count). The van der Waals surface area contributed by atoms with Crippen LogP contribution in [0.1, 0.15) is 44.4 Å². The monoisotopic (exact) mass is 512 g/mol. The summed E-state index contributed by atoms with van der Waals surface area (Å²) >= 11 is 1.87. The number of amides is 2. The second kappa shape index (κ2) is 9.39. The van der Waals surface area contributed by atoms with Crippen LogP contribution in [-0.2, 0) is 19.5 Å². The third kappa shape index (κ3) is 4.12. The summed E-state index contributed by atoms with van der Waals surface area (Å²) in [5.74, 6) is 0.782. The van der Waals surface area contributed by atoms with E-state index in [1.54, 1.807) is 7.11 Å². The maximum atomic E-state index is 14.2. The lowest BCUT2D eigenvalue weighted by Crippen LogP contribution is -2.38. The number of likely N-dealkylation sites (N-methyl/N-ethyl adjacent to an activating group) is 1. The Morgan fingerprint density at radius 3 is 2.73 bits per heavy atom. The van der Waals surface area contributed by atoms with Crippen LogP contribution in [0, 0.1) is 13.8 Å². The fourth-order valence-electron chi connectivity index (χ4n) is 5.59. The van der Waals surface area contributed by atoms with E-state index in [4.69, 9.17) is 4.74 Å². The molecule has 0 spiro atoms. The number of nitrogens with zero attached hydrogens (tertiary/aromatic N) is 3. The van der Waals surface area contributed by atoms with Crippen LogP contribution < -0.4 is 10.1 Å². The molecule has 2 aromatic heterocycles. The minimum atomic E-state index is -0.267. The summed E-state index contributed by atoms with van der Waals surface area (Å²) in [6, 6.07) is 18.0. The molecule has 2 aliphatic heterocycles. The van der Waals surface area contributed by atoms with Crippen molar-refractivity contribution < 1.29 is 9.53 Å². The predicted molar refractivity (Wildman–Crippen MR) is 149 cm³/mol. The van der Waals surface area contributed by atoms with Gasteiger partial charge in [0.1, 0.15) is 10.8 Å². The van der Waals surface area contributed by atoms with Gasteiger partial charge in [0.2, 0.25) is 0 Å². The second-order valence-electron chi connectivity index (χ2n) is 10.1. The van der Waals surface area contributed by atoms with Gasteiger partial charge in [-0.1, -0.05) is 24.3 Å². The molecule has 2 amide bonds. The number of carbonyl (C=O) groups is 1. The zero-order valence-corrected chi connectivity index (χ0v) is 22.6. The van der Waals surface area contributed by atoms with Crippen molar-refractivity contribution in [1.29, 1.82) is 0 Å². The molecular formula is C30H32N4O2S. The molecule has 0 aliphatic carbocycles. The van der Waals surface area contributed by atoms with Gasteiger partial charge in [0.25, 0.3) is 0 Å². The largest absolute Gasteiger partial charge is 0.497 e. The molecule has 0 bridgehead atoms. The van der Waals surface area contributed by atoms with Gasteiger partial charge in [-0.3, -0.25) is 0 Å². The first-order valence-corrected chi connectivity index (χ1v) is 13.5. The number of aryl methyl sites for hydroxylation is 1. The molecule has 37 heavy (non-hydrogen) atoms. The Morgan fingerprint density at radius 1 is 1.05 bits per heavy atom. The lowest BCUT2D eigenvalue weighted by Gasteiger charge is -2.32. The van der Waals surface area contributed by atoms with E-state index in [-0.39, 0.29) is 12.1 Å². The van der Waals surface area contributed by atoms with Crippen LogP contribution in [0.4, 0.5) is 10.5 Å². The van der Waals surface area contributed by atoms with Crippen molar-refractivity contribution in [3.63, 3.8) is 0 Å². The fraction of sp³-hybridized carbons (Fsp3) is 0.300. The molecule has 1 atom stereocenters. The molecule has 0 unspecified atom stereocenters. The third-order valence-corrected chi connectivity index (χ3v) is 9.03. The highest BCUT2D eigenvalue weighted by atomic mass is 32.1. The average molecular weight is 513 g/mol. The Balaban J connectivity index is 1.51. The number of carbonyl (C=O) groups excluding carboxylic acids is 1. The Labute approximate surface area is 222 Å². The van der Waals surface area contributed by atoms with E-state index in [2.05, 4.69) is 66.1 Å². The highest BCUT2D eigenvalue weighted by Crippen LogP contribution is 2.44. The topological polar surface area (TPSA) is 49.7 Å². The SMILES string of the molecule is COc1cccc([C@@H]2c3cccn3-c3sc4c(c3CN2C(=O)Nc2cccc(C)c2C)CCN(C)C4)c1. The van der Waals surface area contributed by atoms with Gasteiger partial charge in [0, 0.05) is 35.4 Å². The first-order chi connectivity index (χ1) is 17.9. The number of anilines is 1. The number of ether oxygens (including phenoxy) is 1. The van der Waals surface area contributed by atoms with Gasteiger partial charge in [-0.05, 0) is 79.9 Å². The molecule has 0 fully saturated rings. The number of benzene rings is 2. The lowest BCUT2D eigenvalue weighted by atomic mass is 10.00. The third-order valence-electron chi connectivity index (χ3n) is 7.77. The summed E-state index contributed by atoms with van der Waals surface area (Å²) in [4.78, 5) is 20.0. The Kier molecular flexibility index (Phi) is 6.05. The zero-order chi connectivity index (χ0) is 25.7.